The zero-order chi connectivity index (χ0) is 11.4. The second-order valence-corrected chi connectivity index (χ2v) is 4.58. The average Bonchev–Trinajstić information content (AvgIpc) is 2.39. The summed E-state index contributed by atoms with van der Waals surface area (Å²) in [7, 11) is 0. The van der Waals surface area contributed by atoms with Crippen molar-refractivity contribution >= 4 is 34.4 Å². The van der Waals surface area contributed by atoms with Crippen LogP contribution in [-0.4, -0.2) is 72.4 Å². The topological polar surface area (TPSA) is 24.9 Å². The number of nitrogens with zero attached hydrogens (tertiary/aromatic N) is 2. The molecule has 90 valence electrons. The van der Waals surface area contributed by atoms with Crippen LogP contribution in [0, 0.1) is 0 Å². The third-order valence-corrected chi connectivity index (χ3v) is 3.81. The van der Waals surface area contributed by atoms with Crippen molar-refractivity contribution in [3.63, 3.8) is 0 Å². The maximum Gasteiger partial charge on any atom is 0.137 e. The summed E-state index contributed by atoms with van der Waals surface area (Å²) < 4.78 is 10.6. The Labute approximate surface area is 106 Å². The van der Waals surface area contributed by atoms with E-state index in [0.29, 0.717) is 0 Å². The highest BCUT2D eigenvalue weighted by Crippen LogP contribution is 2.06. The van der Waals surface area contributed by atoms with E-state index >= 15 is 0 Å². The fraction of sp³-hybridized carbons (Fsp3) is 0.800. The molecule has 2 rings (SSSR count). The lowest BCUT2D eigenvalue weighted by Crippen LogP contribution is -2.50. The quantitative estimate of drug-likeness (QED) is 0.581. The van der Waals surface area contributed by atoms with Gasteiger partial charge in [0.2, 0.25) is 0 Å². The van der Waals surface area contributed by atoms with E-state index in [-0.39, 0.29) is 0 Å². The van der Waals surface area contributed by atoms with Crippen LogP contribution >= 0.6 is 24.4 Å². The minimum absolute atomic E-state index is 0.742. The summed E-state index contributed by atoms with van der Waals surface area (Å²) >= 11 is 10.8. The Morgan fingerprint density at radius 3 is 1.31 bits per heavy atom. The van der Waals surface area contributed by atoms with E-state index in [2.05, 4.69) is 9.80 Å². The lowest BCUT2D eigenvalue weighted by molar-refractivity contribution is 0.0649. The summed E-state index contributed by atoms with van der Waals surface area (Å²) in [5.41, 5.74) is 0. The summed E-state index contributed by atoms with van der Waals surface area (Å²) in [6, 6.07) is 0. The third kappa shape index (κ3) is 2.88. The molecule has 0 saturated carbocycles. The predicted molar refractivity (Wildman–Crippen MR) is 70.0 cm³/mol. The molecule has 0 aromatic heterocycles. The monoisotopic (exact) mass is 260 g/mol. The Kier molecular flexibility index (Phi) is 4.45. The van der Waals surface area contributed by atoms with Gasteiger partial charge in [0, 0.05) is 26.2 Å². The Morgan fingerprint density at radius 1 is 0.688 bits per heavy atom. The molecule has 0 aliphatic carbocycles. The standard InChI is InChI=1S/C10H16N2O2S2/c15-9(11-1-5-13-6-2-11)10(16)12-3-7-14-8-4-12/h1-8H2. The summed E-state index contributed by atoms with van der Waals surface area (Å²) in [6.45, 7) is 6.37. The van der Waals surface area contributed by atoms with Crippen LogP contribution < -0.4 is 0 Å². The molecule has 2 saturated heterocycles. The molecule has 0 aromatic rings. The molecule has 0 unspecified atom stereocenters. The first-order chi connectivity index (χ1) is 7.79. The zero-order valence-corrected chi connectivity index (χ0v) is 10.8. The van der Waals surface area contributed by atoms with Gasteiger partial charge in [0.1, 0.15) is 9.98 Å². The molecular weight excluding hydrogens is 244 g/mol. The molecule has 0 bridgehead atoms. The van der Waals surface area contributed by atoms with Gasteiger partial charge in [-0.05, 0) is 0 Å². The van der Waals surface area contributed by atoms with Gasteiger partial charge in [-0.1, -0.05) is 24.4 Å². The van der Waals surface area contributed by atoms with Gasteiger partial charge < -0.3 is 19.3 Å². The van der Waals surface area contributed by atoms with Gasteiger partial charge >= 0.3 is 0 Å². The van der Waals surface area contributed by atoms with Gasteiger partial charge in [0.25, 0.3) is 0 Å². The summed E-state index contributed by atoms with van der Waals surface area (Å²) in [6.07, 6.45) is 0. The number of thiocarbonyl (C=S) groups is 2. The van der Waals surface area contributed by atoms with Gasteiger partial charge in [-0.15, -0.1) is 0 Å². The average molecular weight is 260 g/mol. The Balaban J connectivity index is 1.89. The van der Waals surface area contributed by atoms with Crippen LogP contribution in [0.5, 0.6) is 0 Å². The molecule has 2 fully saturated rings. The highest BCUT2D eigenvalue weighted by atomic mass is 32.1. The van der Waals surface area contributed by atoms with Gasteiger partial charge in [-0.3, -0.25) is 0 Å². The van der Waals surface area contributed by atoms with Gasteiger partial charge in [0.05, 0.1) is 26.4 Å². The fourth-order valence-corrected chi connectivity index (χ4v) is 2.43. The molecule has 4 nitrogen and oxygen atoms in total. The van der Waals surface area contributed by atoms with E-state index in [0.717, 1.165) is 62.6 Å². The first-order valence-corrected chi connectivity index (χ1v) is 6.34. The van der Waals surface area contributed by atoms with E-state index in [1.165, 1.54) is 0 Å². The van der Waals surface area contributed by atoms with E-state index < -0.39 is 0 Å². The van der Waals surface area contributed by atoms with E-state index in [1.54, 1.807) is 0 Å². The molecule has 6 heteroatoms. The lowest BCUT2D eigenvalue weighted by Gasteiger charge is -2.34. The SMILES string of the molecule is S=C(C(=S)N1CCOCC1)N1CCOCC1. The molecule has 2 heterocycles. The zero-order valence-electron chi connectivity index (χ0n) is 9.18. The predicted octanol–water partition coefficient (Wildman–Crippen LogP) is 0.306. The van der Waals surface area contributed by atoms with Crippen LogP contribution in [0.2, 0.25) is 0 Å². The van der Waals surface area contributed by atoms with Crippen molar-refractivity contribution in [2.24, 2.45) is 0 Å². The summed E-state index contributed by atoms with van der Waals surface area (Å²) in [5, 5.41) is 0. The molecule has 0 radical (unpaired) electrons. The van der Waals surface area contributed by atoms with Crippen molar-refractivity contribution in [1.29, 1.82) is 0 Å². The van der Waals surface area contributed by atoms with Crippen molar-refractivity contribution in [3.05, 3.63) is 0 Å². The van der Waals surface area contributed by atoms with Crippen LogP contribution in [0.25, 0.3) is 0 Å². The Hall–Kier alpha value is -0.300. The van der Waals surface area contributed by atoms with E-state index in [9.17, 15) is 0 Å². The van der Waals surface area contributed by atoms with Crippen LogP contribution in [0.1, 0.15) is 0 Å². The summed E-state index contributed by atoms with van der Waals surface area (Å²) in [5.74, 6) is 0. The molecular formula is C10H16N2O2S2. The Bertz CT molecular complexity index is 246. The van der Waals surface area contributed by atoms with E-state index in [1.807, 2.05) is 0 Å². The third-order valence-electron chi connectivity index (χ3n) is 2.78. The fourth-order valence-electron chi connectivity index (χ4n) is 1.80. The second kappa shape index (κ2) is 5.86. The molecule has 0 atom stereocenters. The smallest absolute Gasteiger partial charge is 0.137 e. The highest BCUT2D eigenvalue weighted by Gasteiger charge is 2.22. The van der Waals surface area contributed by atoms with Crippen molar-refractivity contribution in [3.8, 4) is 0 Å². The van der Waals surface area contributed by atoms with Crippen molar-refractivity contribution < 1.29 is 9.47 Å². The largest absolute Gasteiger partial charge is 0.378 e. The van der Waals surface area contributed by atoms with Gasteiger partial charge in [0.15, 0.2) is 0 Å². The van der Waals surface area contributed by atoms with Gasteiger partial charge in [-0.25, -0.2) is 0 Å². The molecule has 2 aliphatic rings. The van der Waals surface area contributed by atoms with Crippen LogP contribution in [-0.2, 0) is 9.47 Å². The minimum Gasteiger partial charge on any atom is -0.378 e. The molecule has 2 aliphatic heterocycles. The molecule has 0 N–H and O–H groups in total. The number of hydrogen-bond acceptors (Lipinski definition) is 4. The maximum absolute atomic E-state index is 5.42. The molecule has 0 spiro atoms. The van der Waals surface area contributed by atoms with Crippen molar-refractivity contribution in [1.82, 2.24) is 9.80 Å². The van der Waals surface area contributed by atoms with Crippen molar-refractivity contribution in [2.75, 3.05) is 52.6 Å². The van der Waals surface area contributed by atoms with E-state index in [4.69, 9.17) is 33.9 Å². The van der Waals surface area contributed by atoms with Crippen LogP contribution in [0.3, 0.4) is 0 Å². The molecule has 0 aromatic carbocycles. The van der Waals surface area contributed by atoms with Gasteiger partial charge in [-0.2, -0.15) is 0 Å². The van der Waals surface area contributed by atoms with Crippen molar-refractivity contribution in [2.45, 2.75) is 0 Å². The number of rotatable bonds is 0. The van der Waals surface area contributed by atoms with Crippen LogP contribution in [0.4, 0.5) is 0 Å². The lowest BCUT2D eigenvalue weighted by atomic mass is 10.3. The summed E-state index contributed by atoms with van der Waals surface area (Å²) in [4.78, 5) is 5.85. The first kappa shape index (κ1) is 12.2. The Morgan fingerprint density at radius 2 is 1.00 bits per heavy atom. The number of ether oxygens (including phenoxy) is 2. The molecule has 0 amide bonds. The number of hydrogen-bond donors (Lipinski definition) is 0. The normalized spacial score (nSPS) is 22.0. The second-order valence-electron chi connectivity index (χ2n) is 3.81. The minimum atomic E-state index is 0.742. The van der Waals surface area contributed by atoms with Crippen LogP contribution in [0.15, 0.2) is 0 Å². The first-order valence-electron chi connectivity index (χ1n) is 5.53. The molecule has 16 heavy (non-hydrogen) atoms. The highest BCUT2D eigenvalue weighted by molar-refractivity contribution is 7.89. The maximum atomic E-state index is 5.42. The number of morpholine rings is 2.